The van der Waals surface area contributed by atoms with Crippen LogP contribution in [-0.4, -0.2) is 28.2 Å². The fraction of sp³-hybridized carbons (Fsp3) is 0.0323. The van der Waals surface area contributed by atoms with Gasteiger partial charge >= 0.3 is 0 Å². The summed E-state index contributed by atoms with van der Waals surface area (Å²) in [6, 6.07) is 33.4. The molecule has 0 radical (unpaired) electrons. The first-order valence-corrected chi connectivity index (χ1v) is 12.1. The summed E-state index contributed by atoms with van der Waals surface area (Å²) in [5.41, 5.74) is 13.5. The molecule has 0 fully saturated rings. The number of hydrazone groups is 1. The quantitative estimate of drug-likeness (QED) is 0.171. The van der Waals surface area contributed by atoms with Crippen LogP contribution in [0.1, 0.15) is 0 Å². The van der Waals surface area contributed by atoms with Crippen LogP contribution in [0.5, 0.6) is 0 Å². The monoisotopic (exact) mass is 482 g/mol. The lowest BCUT2D eigenvalue weighted by atomic mass is 10.2. The molecule has 2 heterocycles. The molecule has 0 saturated carbocycles. The Balaban J connectivity index is 1.56. The molecular formula is C31H26N6. The third-order valence-corrected chi connectivity index (χ3v) is 6.54. The van der Waals surface area contributed by atoms with Crippen molar-refractivity contribution in [2.45, 2.75) is 0 Å². The van der Waals surface area contributed by atoms with Gasteiger partial charge in [-0.15, -0.1) is 0 Å². The molecule has 2 aromatic heterocycles. The van der Waals surface area contributed by atoms with Crippen molar-refractivity contribution in [3.63, 3.8) is 0 Å². The summed E-state index contributed by atoms with van der Waals surface area (Å²) < 4.78 is 4.30. The van der Waals surface area contributed by atoms with Crippen molar-refractivity contribution in [1.82, 2.24) is 14.6 Å². The fourth-order valence-corrected chi connectivity index (χ4v) is 5.02. The summed E-state index contributed by atoms with van der Waals surface area (Å²) in [6.07, 6.45) is 7.02. The normalized spacial score (nSPS) is 13.2. The summed E-state index contributed by atoms with van der Waals surface area (Å²) in [5.74, 6) is 1.44. The van der Waals surface area contributed by atoms with Crippen LogP contribution in [0.4, 0.5) is 0 Å². The molecule has 0 bridgehead atoms. The Morgan fingerprint density at radius 3 is 1.54 bits per heavy atom. The van der Waals surface area contributed by atoms with E-state index in [-0.39, 0.29) is 0 Å². The Hall–Kier alpha value is -5.10. The van der Waals surface area contributed by atoms with E-state index in [9.17, 15) is 0 Å². The third kappa shape index (κ3) is 3.76. The van der Waals surface area contributed by atoms with Gasteiger partial charge in [-0.2, -0.15) is 5.10 Å². The van der Waals surface area contributed by atoms with E-state index in [2.05, 4.69) is 92.3 Å². The van der Waals surface area contributed by atoms with Gasteiger partial charge in [0.1, 0.15) is 5.82 Å². The molecule has 6 aromatic rings. The number of hydrogen-bond acceptors (Lipinski definition) is 4. The van der Waals surface area contributed by atoms with Gasteiger partial charge in [-0.25, -0.2) is 0 Å². The van der Waals surface area contributed by atoms with Gasteiger partial charge in [0, 0.05) is 34.8 Å². The van der Waals surface area contributed by atoms with E-state index < -0.39 is 0 Å². The van der Waals surface area contributed by atoms with Gasteiger partial charge in [0.05, 0.1) is 22.1 Å². The Bertz CT molecular complexity index is 1770. The number of nitrogens with zero attached hydrogens (tertiary/aromatic N) is 4. The Labute approximate surface area is 214 Å². The van der Waals surface area contributed by atoms with Gasteiger partial charge in [0.25, 0.3) is 0 Å². The van der Waals surface area contributed by atoms with Crippen molar-refractivity contribution >= 4 is 61.5 Å². The van der Waals surface area contributed by atoms with E-state index in [1.165, 1.54) is 17.0 Å². The first-order valence-electron chi connectivity index (χ1n) is 12.1. The molecule has 6 rings (SSSR count). The fourth-order valence-electron chi connectivity index (χ4n) is 5.02. The number of aliphatic imine (C=N–C) groups is 1. The molecular weight excluding hydrogens is 456 g/mol. The number of rotatable bonds is 5. The van der Waals surface area contributed by atoms with Crippen molar-refractivity contribution in [3.8, 4) is 0 Å². The van der Waals surface area contributed by atoms with E-state index in [1.54, 1.807) is 13.3 Å². The topological polar surface area (TPSA) is 72.6 Å². The largest absolute Gasteiger partial charge is 0.404 e. The van der Waals surface area contributed by atoms with Crippen LogP contribution in [0.15, 0.2) is 126 Å². The molecule has 180 valence electrons. The Morgan fingerprint density at radius 1 is 0.676 bits per heavy atom. The number of allylic oxidation sites excluding steroid dienone is 2. The lowest BCUT2D eigenvalue weighted by molar-refractivity contribution is 0.911. The summed E-state index contributed by atoms with van der Waals surface area (Å²) in [6.45, 7) is 0. The first-order chi connectivity index (χ1) is 18.3. The number of aromatic nitrogens is 2. The number of hydrogen-bond donors (Lipinski definition) is 2. The number of benzene rings is 4. The second-order valence-electron chi connectivity index (χ2n) is 8.64. The summed E-state index contributed by atoms with van der Waals surface area (Å²) in [5, 5.41) is 9.56. The molecule has 0 aliphatic rings. The van der Waals surface area contributed by atoms with E-state index >= 15 is 0 Å². The van der Waals surface area contributed by atoms with Crippen LogP contribution in [0, 0.1) is 0 Å². The minimum Gasteiger partial charge on any atom is -0.404 e. The molecule has 0 atom stereocenters. The molecule has 0 aliphatic carbocycles. The molecule has 0 aliphatic heterocycles. The van der Waals surface area contributed by atoms with Crippen LogP contribution in [0.25, 0.3) is 49.4 Å². The van der Waals surface area contributed by atoms with Gasteiger partial charge in [-0.1, -0.05) is 72.8 Å². The van der Waals surface area contributed by atoms with Crippen molar-refractivity contribution in [1.29, 1.82) is 0 Å². The second-order valence-corrected chi connectivity index (χ2v) is 8.64. The summed E-state index contributed by atoms with van der Waals surface area (Å²) >= 11 is 0. The van der Waals surface area contributed by atoms with E-state index in [1.807, 2.05) is 36.4 Å². The zero-order valence-corrected chi connectivity index (χ0v) is 20.4. The van der Waals surface area contributed by atoms with Crippen molar-refractivity contribution in [3.05, 3.63) is 115 Å². The number of nitrogens with one attached hydrogen (secondary N) is 1. The van der Waals surface area contributed by atoms with Crippen LogP contribution in [-0.2, 0) is 0 Å². The maximum Gasteiger partial charge on any atom is 0.159 e. The van der Waals surface area contributed by atoms with E-state index in [0.717, 1.165) is 38.7 Å². The van der Waals surface area contributed by atoms with Gasteiger partial charge in [0.2, 0.25) is 0 Å². The molecule has 0 spiro atoms. The summed E-state index contributed by atoms with van der Waals surface area (Å²) in [4.78, 5) is 4.20. The number of fused-ring (bicyclic) bond motifs is 6. The number of nitrogens with two attached hydrogens (primary N) is 1. The van der Waals surface area contributed by atoms with Crippen LogP contribution < -0.4 is 11.2 Å². The summed E-state index contributed by atoms with van der Waals surface area (Å²) in [7, 11) is 1.75. The molecule has 0 amide bonds. The zero-order valence-electron chi connectivity index (χ0n) is 20.4. The van der Waals surface area contributed by atoms with Gasteiger partial charge < -0.3 is 5.73 Å². The van der Waals surface area contributed by atoms with Crippen LogP contribution in [0.2, 0.25) is 0 Å². The maximum absolute atomic E-state index is 5.91. The molecule has 37 heavy (non-hydrogen) atoms. The molecule has 3 N–H and O–H groups in total. The number of para-hydroxylation sites is 4. The minimum atomic E-state index is 0.667. The first kappa shape index (κ1) is 22.4. The molecule has 6 heteroatoms. The van der Waals surface area contributed by atoms with Crippen molar-refractivity contribution in [2.24, 2.45) is 15.8 Å². The van der Waals surface area contributed by atoms with Crippen LogP contribution >= 0.6 is 0 Å². The van der Waals surface area contributed by atoms with Gasteiger partial charge in [0.15, 0.2) is 5.84 Å². The van der Waals surface area contributed by atoms with Crippen LogP contribution in [0.3, 0.4) is 0 Å². The Morgan fingerprint density at radius 2 is 1.11 bits per heavy atom. The molecule has 6 nitrogen and oxygen atoms in total. The van der Waals surface area contributed by atoms with Gasteiger partial charge in [-0.3, -0.25) is 19.6 Å². The maximum atomic E-state index is 5.91. The lowest BCUT2D eigenvalue weighted by Gasteiger charge is -2.14. The van der Waals surface area contributed by atoms with E-state index in [4.69, 9.17) is 10.8 Å². The second kappa shape index (κ2) is 9.51. The predicted octanol–water partition coefficient (Wildman–Crippen LogP) is 6.33. The van der Waals surface area contributed by atoms with Gasteiger partial charge in [-0.05, 0) is 42.6 Å². The predicted molar refractivity (Wildman–Crippen MR) is 157 cm³/mol. The highest BCUT2D eigenvalue weighted by Gasteiger charge is 2.15. The van der Waals surface area contributed by atoms with Crippen molar-refractivity contribution in [2.75, 3.05) is 7.05 Å². The Kier molecular flexibility index (Phi) is 5.75. The smallest absolute Gasteiger partial charge is 0.159 e. The SMILES string of the molecule is CN=CC=C(NN=C(C=CN)n1c2ccccc2c2ccccc21)n1c2ccccc2c2ccccc21. The minimum absolute atomic E-state index is 0.667. The highest BCUT2D eigenvalue weighted by molar-refractivity contribution is 6.16. The third-order valence-electron chi connectivity index (χ3n) is 6.54. The highest BCUT2D eigenvalue weighted by Crippen LogP contribution is 2.31. The molecule has 0 unspecified atom stereocenters. The average Bonchev–Trinajstić information content (AvgIpc) is 3.46. The zero-order chi connectivity index (χ0) is 25.2. The highest BCUT2D eigenvalue weighted by atomic mass is 15.4. The standard InChI is InChI=1S/C31H26N6/c1-33-21-19-31(37-28-16-8-4-12-24(28)25-13-5-9-17-29(25)37)35-34-30(18-20-32)36-26-14-6-2-10-22(26)23-11-3-7-15-27(23)36/h2-21,35H,32H2,1H3. The van der Waals surface area contributed by atoms with Crippen molar-refractivity contribution < 1.29 is 0 Å². The lowest BCUT2D eigenvalue weighted by Crippen LogP contribution is -2.18. The average molecular weight is 483 g/mol. The van der Waals surface area contributed by atoms with E-state index in [0.29, 0.717) is 5.84 Å². The molecule has 0 saturated heterocycles. The molecule has 4 aromatic carbocycles.